The Hall–Kier alpha value is -1.30. The zero-order valence-electron chi connectivity index (χ0n) is 13.2. The third kappa shape index (κ3) is 4.09. The standard InChI is InChI=1S/C15H26N2O4/c1-15(2,3)21-14(20)16-6-4-12(5-7-16)17-9-11(10-18)8-13(17)19/h11-12,18H,4-10H2,1-3H3. The summed E-state index contributed by atoms with van der Waals surface area (Å²) in [5.74, 6) is 0.200. The Morgan fingerprint density at radius 1 is 1.33 bits per heavy atom. The topological polar surface area (TPSA) is 70.1 Å². The lowest BCUT2D eigenvalue weighted by Crippen LogP contribution is -2.48. The number of carbonyl (C=O) groups excluding carboxylic acids is 2. The van der Waals surface area contributed by atoms with Crippen molar-refractivity contribution < 1.29 is 19.4 Å². The van der Waals surface area contributed by atoms with Crippen LogP contribution < -0.4 is 0 Å². The number of rotatable bonds is 2. The number of ether oxygens (including phenoxy) is 1. The fourth-order valence-corrected chi connectivity index (χ4v) is 2.97. The van der Waals surface area contributed by atoms with Crippen LogP contribution in [0.3, 0.4) is 0 Å². The number of carbonyl (C=O) groups is 2. The minimum atomic E-state index is -0.479. The zero-order valence-corrected chi connectivity index (χ0v) is 13.2. The number of piperidine rings is 1. The van der Waals surface area contributed by atoms with Crippen LogP contribution in [0, 0.1) is 5.92 Å². The lowest BCUT2D eigenvalue weighted by atomic mass is 10.0. The van der Waals surface area contributed by atoms with Crippen molar-refractivity contribution >= 4 is 12.0 Å². The van der Waals surface area contributed by atoms with E-state index < -0.39 is 5.60 Å². The van der Waals surface area contributed by atoms with E-state index >= 15 is 0 Å². The first-order valence-corrected chi connectivity index (χ1v) is 7.68. The number of likely N-dealkylation sites (tertiary alicyclic amines) is 2. The van der Waals surface area contributed by atoms with Crippen LogP contribution in [0.15, 0.2) is 0 Å². The highest BCUT2D eigenvalue weighted by atomic mass is 16.6. The van der Waals surface area contributed by atoms with E-state index in [0.29, 0.717) is 26.1 Å². The molecule has 0 radical (unpaired) electrons. The second kappa shape index (κ2) is 6.22. The quantitative estimate of drug-likeness (QED) is 0.832. The van der Waals surface area contributed by atoms with Gasteiger partial charge in [0.25, 0.3) is 0 Å². The summed E-state index contributed by atoms with van der Waals surface area (Å²) in [6.45, 7) is 7.52. The van der Waals surface area contributed by atoms with Crippen LogP contribution in [0.1, 0.15) is 40.0 Å². The molecule has 1 atom stereocenters. The van der Waals surface area contributed by atoms with E-state index in [1.54, 1.807) is 4.90 Å². The van der Waals surface area contributed by atoms with Gasteiger partial charge in [0.1, 0.15) is 5.60 Å². The van der Waals surface area contributed by atoms with Gasteiger partial charge in [0.15, 0.2) is 0 Å². The second-order valence-corrected chi connectivity index (χ2v) is 7.00. The Morgan fingerprint density at radius 3 is 2.43 bits per heavy atom. The van der Waals surface area contributed by atoms with Gasteiger partial charge < -0.3 is 19.6 Å². The van der Waals surface area contributed by atoms with E-state index in [1.165, 1.54) is 0 Å². The number of hydrogen-bond acceptors (Lipinski definition) is 4. The second-order valence-electron chi connectivity index (χ2n) is 7.00. The van der Waals surface area contributed by atoms with Gasteiger partial charge in [-0.05, 0) is 33.6 Å². The number of aliphatic hydroxyl groups excluding tert-OH is 1. The van der Waals surface area contributed by atoms with Crippen molar-refractivity contribution in [2.45, 2.75) is 51.7 Å². The van der Waals surface area contributed by atoms with Crippen molar-refractivity contribution in [3.05, 3.63) is 0 Å². The molecule has 21 heavy (non-hydrogen) atoms. The number of amides is 2. The molecule has 6 heteroatoms. The minimum Gasteiger partial charge on any atom is -0.444 e. The lowest BCUT2D eigenvalue weighted by molar-refractivity contribution is -0.130. The van der Waals surface area contributed by atoms with Crippen molar-refractivity contribution in [1.82, 2.24) is 9.80 Å². The Bertz CT molecular complexity index is 397. The molecule has 0 aliphatic carbocycles. The van der Waals surface area contributed by atoms with Crippen molar-refractivity contribution in [2.75, 3.05) is 26.2 Å². The Kier molecular flexibility index (Phi) is 4.76. The molecule has 0 spiro atoms. The van der Waals surface area contributed by atoms with Gasteiger partial charge in [0, 0.05) is 44.6 Å². The fraction of sp³-hybridized carbons (Fsp3) is 0.867. The predicted octanol–water partition coefficient (Wildman–Crippen LogP) is 1.23. The molecule has 0 bridgehead atoms. The molecule has 2 fully saturated rings. The van der Waals surface area contributed by atoms with Crippen molar-refractivity contribution in [3.63, 3.8) is 0 Å². The van der Waals surface area contributed by atoms with Gasteiger partial charge in [-0.25, -0.2) is 4.79 Å². The summed E-state index contributed by atoms with van der Waals surface area (Å²) in [5, 5.41) is 9.17. The Labute approximate surface area is 126 Å². The van der Waals surface area contributed by atoms with E-state index in [2.05, 4.69) is 0 Å². The first-order chi connectivity index (χ1) is 9.80. The molecule has 2 saturated heterocycles. The molecule has 2 rings (SSSR count). The van der Waals surface area contributed by atoms with Crippen LogP contribution in [0.25, 0.3) is 0 Å². The number of hydrogen-bond donors (Lipinski definition) is 1. The summed E-state index contributed by atoms with van der Waals surface area (Å²) < 4.78 is 5.37. The first-order valence-electron chi connectivity index (χ1n) is 7.68. The van der Waals surface area contributed by atoms with Crippen LogP contribution in [-0.4, -0.2) is 64.8 Å². The summed E-state index contributed by atoms with van der Waals surface area (Å²) in [6, 6.07) is 0.188. The first kappa shape index (κ1) is 16.1. The maximum absolute atomic E-state index is 12.0. The predicted molar refractivity (Wildman–Crippen MR) is 77.7 cm³/mol. The van der Waals surface area contributed by atoms with E-state index in [0.717, 1.165) is 12.8 Å². The molecule has 6 nitrogen and oxygen atoms in total. The molecule has 0 saturated carbocycles. The number of aliphatic hydroxyl groups is 1. The van der Waals surface area contributed by atoms with Gasteiger partial charge in [0.05, 0.1) is 0 Å². The highest BCUT2D eigenvalue weighted by Crippen LogP contribution is 2.25. The van der Waals surface area contributed by atoms with Crippen molar-refractivity contribution in [2.24, 2.45) is 5.92 Å². The van der Waals surface area contributed by atoms with Gasteiger partial charge in [0.2, 0.25) is 5.91 Å². The summed E-state index contributed by atoms with van der Waals surface area (Å²) in [7, 11) is 0. The Balaban J connectivity index is 1.83. The van der Waals surface area contributed by atoms with Crippen LogP contribution >= 0.6 is 0 Å². The summed E-state index contributed by atoms with van der Waals surface area (Å²) in [6.07, 6.45) is 1.73. The molecule has 2 amide bonds. The smallest absolute Gasteiger partial charge is 0.410 e. The molecular formula is C15H26N2O4. The molecule has 2 aliphatic heterocycles. The van der Waals surface area contributed by atoms with E-state index in [4.69, 9.17) is 4.74 Å². The van der Waals surface area contributed by atoms with Crippen LogP contribution in [0.5, 0.6) is 0 Å². The minimum absolute atomic E-state index is 0.0684. The molecular weight excluding hydrogens is 272 g/mol. The summed E-state index contributed by atoms with van der Waals surface area (Å²) in [4.78, 5) is 27.5. The third-order valence-corrected chi connectivity index (χ3v) is 4.05. The summed E-state index contributed by atoms with van der Waals surface area (Å²) >= 11 is 0. The van der Waals surface area contributed by atoms with Crippen molar-refractivity contribution in [1.29, 1.82) is 0 Å². The molecule has 1 N–H and O–H groups in total. The van der Waals surface area contributed by atoms with Gasteiger partial charge in [-0.2, -0.15) is 0 Å². The Morgan fingerprint density at radius 2 is 1.95 bits per heavy atom. The van der Waals surface area contributed by atoms with E-state index in [1.807, 2.05) is 25.7 Å². The van der Waals surface area contributed by atoms with Crippen LogP contribution in [0.2, 0.25) is 0 Å². The van der Waals surface area contributed by atoms with E-state index in [9.17, 15) is 14.7 Å². The average molecular weight is 298 g/mol. The molecule has 0 aromatic rings. The molecule has 0 aromatic carbocycles. The molecule has 2 heterocycles. The highest BCUT2D eigenvalue weighted by molar-refractivity contribution is 5.79. The monoisotopic (exact) mass is 298 g/mol. The molecule has 120 valence electrons. The van der Waals surface area contributed by atoms with Gasteiger partial charge >= 0.3 is 6.09 Å². The maximum atomic E-state index is 12.0. The lowest BCUT2D eigenvalue weighted by Gasteiger charge is -2.37. The molecule has 1 unspecified atom stereocenters. The van der Waals surface area contributed by atoms with Crippen molar-refractivity contribution in [3.8, 4) is 0 Å². The maximum Gasteiger partial charge on any atom is 0.410 e. The van der Waals surface area contributed by atoms with Crippen LogP contribution in [-0.2, 0) is 9.53 Å². The SMILES string of the molecule is CC(C)(C)OC(=O)N1CCC(N2CC(CO)CC2=O)CC1. The third-order valence-electron chi connectivity index (χ3n) is 4.05. The molecule has 0 aromatic heterocycles. The van der Waals surface area contributed by atoms with Gasteiger partial charge in [-0.3, -0.25) is 4.79 Å². The average Bonchev–Trinajstić information content (AvgIpc) is 2.78. The van der Waals surface area contributed by atoms with E-state index in [-0.39, 0.29) is 30.6 Å². The fourth-order valence-electron chi connectivity index (χ4n) is 2.97. The van der Waals surface area contributed by atoms with Crippen LogP contribution in [0.4, 0.5) is 4.79 Å². The van der Waals surface area contributed by atoms with Gasteiger partial charge in [-0.1, -0.05) is 0 Å². The molecule has 2 aliphatic rings. The van der Waals surface area contributed by atoms with Gasteiger partial charge in [-0.15, -0.1) is 0 Å². The summed E-state index contributed by atoms with van der Waals surface area (Å²) in [5.41, 5.74) is -0.479. The zero-order chi connectivity index (χ0) is 15.6. The largest absolute Gasteiger partial charge is 0.444 e. The normalized spacial score (nSPS) is 24.6. The highest BCUT2D eigenvalue weighted by Gasteiger charge is 2.36. The number of nitrogens with zero attached hydrogens (tertiary/aromatic N) is 2.